The molecule has 0 N–H and O–H groups in total. The summed E-state index contributed by atoms with van der Waals surface area (Å²) in [4.78, 5) is 0. The summed E-state index contributed by atoms with van der Waals surface area (Å²) in [6.45, 7) is 33.1. The molecule has 1 saturated heterocycles. The molecule has 0 spiro atoms. The summed E-state index contributed by atoms with van der Waals surface area (Å²) >= 11 is 0. The van der Waals surface area contributed by atoms with E-state index in [1.807, 2.05) is 41.5 Å². The van der Waals surface area contributed by atoms with Gasteiger partial charge >= 0.3 is 0 Å². The average molecular weight is 345 g/mol. The summed E-state index contributed by atoms with van der Waals surface area (Å²) in [5.41, 5.74) is 0.327. The van der Waals surface area contributed by atoms with Crippen LogP contribution in [0.5, 0.6) is 0 Å². The first-order valence-corrected chi connectivity index (χ1v) is 10.7. The van der Waals surface area contributed by atoms with E-state index in [1.165, 1.54) is 0 Å². The topological polar surface area (TPSA) is 9.23 Å². The molecule has 0 radical (unpaired) electrons. The van der Waals surface area contributed by atoms with Crippen molar-refractivity contribution in [1.82, 2.24) is 0 Å². The Morgan fingerprint density at radius 3 is 1.12 bits per heavy atom. The maximum atomic E-state index is 6.50. The monoisotopic (exact) mass is 344 g/mol. The Morgan fingerprint density at radius 2 is 0.917 bits per heavy atom. The van der Waals surface area contributed by atoms with Crippen LogP contribution in [-0.4, -0.2) is 12.2 Å². The van der Waals surface area contributed by atoms with Crippen LogP contribution >= 0.6 is 0 Å². The predicted octanol–water partition coefficient (Wildman–Crippen LogP) is 8.08. The fourth-order valence-electron chi connectivity index (χ4n) is 3.82. The molecular weight excluding hydrogens is 292 g/mol. The van der Waals surface area contributed by atoms with Gasteiger partial charge in [-0.2, -0.15) is 0 Å². The first-order valence-electron chi connectivity index (χ1n) is 10.7. The SMILES string of the molecule is CC.CC.CC.CC(C)C1OC(C(C)C)C(C(C)(C)C)C1C(C)C. The Hall–Kier alpha value is -0.0400. The van der Waals surface area contributed by atoms with Crippen LogP contribution < -0.4 is 0 Å². The lowest BCUT2D eigenvalue weighted by Gasteiger charge is -2.38. The zero-order valence-corrected chi connectivity index (χ0v) is 19.9. The highest BCUT2D eigenvalue weighted by Crippen LogP contribution is 2.50. The third kappa shape index (κ3) is 8.37. The van der Waals surface area contributed by atoms with Crippen LogP contribution in [-0.2, 0) is 4.74 Å². The van der Waals surface area contributed by atoms with E-state index in [9.17, 15) is 0 Å². The van der Waals surface area contributed by atoms with E-state index in [1.54, 1.807) is 0 Å². The molecule has 0 aliphatic carbocycles. The Kier molecular flexibility index (Phi) is 17.0. The summed E-state index contributed by atoms with van der Waals surface area (Å²) in [6.07, 6.45) is 0.853. The van der Waals surface area contributed by atoms with Crippen LogP contribution in [0.25, 0.3) is 0 Å². The quantitative estimate of drug-likeness (QED) is 0.502. The lowest BCUT2D eigenvalue weighted by molar-refractivity contribution is -0.0274. The second-order valence-corrected chi connectivity index (χ2v) is 8.27. The van der Waals surface area contributed by atoms with E-state index >= 15 is 0 Å². The zero-order valence-electron chi connectivity index (χ0n) is 19.9. The van der Waals surface area contributed by atoms with Crippen molar-refractivity contribution in [2.75, 3.05) is 0 Å². The molecule has 1 nitrogen and oxygen atoms in total. The van der Waals surface area contributed by atoms with Crippen LogP contribution in [0.1, 0.15) is 104 Å². The lowest BCUT2D eigenvalue weighted by atomic mass is 9.64. The van der Waals surface area contributed by atoms with Gasteiger partial charge in [-0.1, -0.05) is 104 Å². The van der Waals surface area contributed by atoms with Crippen LogP contribution in [0.15, 0.2) is 0 Å². The minimum atomic E-state index is 0.327. The van der Waals surface area contributed by atoms with Gasteiger partial charge in [-0.15, -0.1) is 0 Å². The van der Waals surface area contributed by atoms with E-state index in [0.29, 0.717) is 47.2 Å². The molecule has 24 heavy (non-hydrogen) atoms. The molecule has 0 aromatic carbocycles. The van der Waals surface area contributed by atoms with Gasteiger partial charge in [-0.3, -0.25) is 0 Å². The minimum Gasteiger partial charge on any atom is -0.374 e. The second-order valence-electron chi connectivity index (χ2n) is 8.27. The van der Waals surface area contributed by atoms with Crippen molar-refractivity contribution in [3.63, 3.8) is 0 Å². The summed E-state index contributed by atoms with van der Waals surface area (Å²) in [5, 5.41) is 0. The molecule has 1 rings (SSSR count). The Morgan fingerprint density at radius 1 is 0.583 bits per heavy atom. The van der Waals surface area contributed by atoms with E-state index in [-0.39, 0.29) is 0 Å². The van der Waals surface area contributed by atoms with Gasteiger partial charge in [0.25, 0.3) is 0 Å². The van der Waals surface area contributed by atoms with E-state index in [0.717, 1.165) is 0 Å². The van der Waals surface area contributed by atoms with Gasteiger partial charge < -0.3 is 4.74 Å². The highest BCUT2D eigenvalue weighted by molar-refractivity contribution is 4.98. The average Bonchev–Trinajstić information content (AvgIpc) is 2.95. The van der Waals surface area contributed by atoms with Crippen molar-refractivity contribution >= 4 is 0 Å². The van der Waals surface area contributed by atoms with Crippen LogP contribution in [0.4, 0.5) is 0 Å². The van der Waals surface area contributed by atoms with Crippen LogP contribution in [0.2, 0.25) is 0 Å². The predicted molar refractivity (Wildman–Crippen MR) is 114 cm³/mol. The summed E-state index contributed by atoms with van der Waals surface area (Å²) in [5.74, 6) is 3.29. The standard InChI is InChI=1S/C17H34O.3C2H6/c1-10(2)13-14(17(7,8)9)16(12(5)6)18-15(13)11(3)4;3*1-2/h10-16H,1-9H3;3*1-2H3. The third-order valence-corrected chi connectivity index (χ3v) is 4.55. The normalized spacial score (nSPS) is 26.2. The Balaban J connectivity index is -0.000000659. The van der Waals surface area contributed by atoms with Crippen molar-refractivity contribution in [3.8, 4) is 0 Å². The number of hydrogen-bond donors (Lipinski definition) is 0. The van der Waals surface area contributed by atoms with Crippen molar-refractivity contribution in [2.24, 2.45) is 35.0 Å². The molecule has 0 aromatic rings. The van der Waals surface area contributed by atoms with Gasteiger partial charge in [0.1, 0.15) is 0 Å². The molecule has 1 aliphatic heterocycles. The fraction of sp³-hybridized carbons (Fsp3) is 1.00. The van der Waals surface area contributed by atoms with Gasteiger partial charge in [0.2, 0.25) is 0 Å². The van der Waals surface area contributed by atoms with Gasteiger partial charge in [0.05, 0.1) is 12.2 Å². The molecule has 0 amide bonds. The minimum absolute atomic E-state index is 0.327. The Labute approximate surface area is 156 Å². The van der Waals surface area contributed by atoms with Crippen molar-refractivity contribution in [2.45, 2.75) is 116 Å². The molecule has 0 aromatic heterocycles. The van der Waals surface area contributed by atoms with E-state index < -0.39 is 0 Å². The number of rotatable bonds is 3. The first kappa shape index (κ1) is 28.8. The molecule has 0 saturated carbocycles. The van der Waals surface area contributed by atoms with E-state index in [2.05, 4.69) is 62.3 Å². The summed E-state index contributed by atoms with van der Waals surface area (Å²) < 4.78 is 6.50. The van der Waals surface area contributed by atoms with Crippen molar-refractivity contribution in [3.05, 3.63) is 0 Å². The maximum absolute atomic E-state index is 6.50. The number of ether oxygens (including phenoxy) is 1. The number of hydrogen-bond acceptors (Lipinski definition) is 1. The molecule has 4 atom stereocenters. The van der Waals surface area contributed by atoms with Gasteiger partial charge in [-0.25, -0.2) is 0 Å². The van der Waals surface area contributed by atoms with Gasteiger partial charge in [0.15, 0.2) is 0 Å². The zero-order chi connectivity index (χ0) is 20.2. The Bertz CT molecular complexity index is 260. The molecule has 1 heterocycles. The summed E-state index contributed by atoms with van der Waals surface area (Å²) in [6, 6.07) is 0. The highest BCUT2D eigenvalue weighted by atomic mass is 16.5. The highest BCUT2D eigenvalue weighted by Gasteiger charge is 2.51. The van der Waals surface area contributed by atoms with E-state index in [4.69, 9.17) is 4.74 Å². The van der Waals surface area contributed by atoms with Crippen LogP contribution in [0.3, 0.4) is 0 Å². The molecule has 1 fully saturated rings. The summed E-state index contributed by atoms with van der Waals surface area (Å²) in [7, 11) is 0. The largest absolute Gasteiger partial charge is 0.374 e. The van der Waals surface area contributed by atoms with Gasteiger partial charge in [0, 0.05) is 0 Å². The second kappa shape index (κ2) is 14.2. The molecule has 150 valence electrons. The lowest BCUT2D eigenvalue weighted by Crippen LogP contribution is -2.38. The van der Waals surface area contributed by atoms with Crippen molar-refractivity contribution in [1.29, 1.82) is 0 Å². The smallest absolute Gasteiger partial charge is 0.0638 e. The third-order valence-electron chi connectivity index (χ3n) is 4.55. The van der Waals surface area contributed by atoms with Gasteiger partial charge in [-0.05, 0) is 35.0 Å². The molecule has 1 heteroatoms. The van der Waals surface area contributed by atoms with Crippen molar-refractivity contribution < 1.29 is 4.74 Å². The van der Waals surface area contributed by atoms with Crippen LogP contribution in [0, 0.1) is 35.0 Å². The molecule has 0 bridgehead atoms. The maximum Gasteiger partial charge on any atom is 0.0638 e. The fourth-order valence-corrected chi connectivity index (χ4v) is 3.82. The molecular formula is C23H52O. The first-order chi connectivity index (χ1) is 11.1. The molecule has 4 unspecified atom stereocenters. The molecule has 1 aliphatic rings.